The second kappa shape index (κ2) is 3.22. The zero-order valence-electron chi connectivity index (χ0n) is 5.93. The molecule has 0 aliphatic carbocycles. The summed E-state index contributed by atoms with van der Waals surface area (Å²) in [6.07, 6.45) is 2.03. The van der Waals surface area contributed by atoms with Gasteiger partial charge in [0.15, 0.2) is 5.06 Å². The van der Waals surface area contributed by atoms with Gasteiger partial charge in [0.1, 0.15) is 0 Å². The number of nitrogens with two attached hydrogens (primary N) is 1. The van der Waals surface area contributed by atoms with Crippen LogP contribution in [0.3, 0.4) is 0 Å². The predicted octanol–water partition coefficient (Wildman–Crippen LogP) is 1.28. The highest BCUT2D eigenvalue weighted by molar-refractivity contribution is 7.15. The monoisotopic (exact) mass is 186 g/mol. The Morgan fingerprint density at radius 1 is 1.75 bits per heavy atom. The summed E-state index contributed by atoms with van der Waals surface area (Å²) in [5.74, 6) is 0. The minimum absolute atomic E-state index is 0.0514. The number of rotatable bonds is 2. The van der Waals surface area contributed by atoms with Gasteiger partial charge >= 0.3 is 0 Å². The van der Waals surface area contributed by atoms with E-state index in [0.717, 1.165) is 17.5 Å². The highest BCUT2D eigenvalue weighted by atomic mass is 32.1. The number of hydrogen-bond donors (Lipinski definition) is 2. The second-order valence-corrected chi connectivity index (χ2v) is 3.07. The molecule has 0 unspecified atom stereocenters. The summed E-state index contributed by atoms with van der Waals surface area (Å²) in [6, 6.07) is 1.35. The first-order valence-corrected chi connectivity index (χ1v) is 3.81. The molecule has 3 N–H and O–H groups in total. The molecule has 12 heavy (non-hydrogen) atoms. The molecule has 0 saturated carbocycles. The molecule has 0 fully saturated rings. The van der Waals surface area contributed by atoms with Crippen molar-refractivity contribution >= 4 is 23.1 Å². The maximum Gasteiger partial charge on any atom is 0.235 e. The standard InChI is InChI=1S/C6H6N2O3S/c7-4-3-6(9)12-5(4)1-2-8(10)11/h1-3,9H,7H2/b2-1+. The number of nitrogens with zero attached hydrogens (tertiary/aromatic N) is 1. The minimum atomic E-state index is -0.587. The van der Waals surface area contributed by atoms with Crippen LogP contribution in [0.25, 0.3) is 6.08 Å². The van der Waals surface area contributed by atoms with E-state index < -0.39 is 4.92 Å². The van der Waals surface area contributed by atoms with Crippen molar-refractivity contribution in [2.75, 3.05) is 5.73 Å². The zero-order chi connectivity index (χ0) is 9.14. The number of nitro groups is 1. The van der Waals surface area contributed by atoms with Crippen molar-refractivity contribution in [3.8, 4) is 5.06 Å². The SMILES string of the molecule is Nc1cc(O)sc1/C=C/[N+](=O)[O-]. The zero-order valence-corrected chi connectivity index (χ0v) is 6.75. The Morgan fingerprint density at radius 3 is 2.83 bits per heavy atom. The van der Waals surface area contributed by atoms with Crippen LogP contribution in [0.2, 0.25) is 0 Å². The lowest BCUT2D eigenvalue weighted by Gasteiger charge is -1.84. The normalized spacial score (nSPS) is 10.7. The largest absolute Gasteiger partial charge is 0.499 e. The Labute approximate surface area is 71.9 Å². The molecule has 0 amide bonds. The van der Waals surface area contributed by atoms with Crippen LogP contribution < -0.4 is 5.73 Å². The molecule has 0 radical (unpaired) electrons. The lowest BCUT2D eigenvalue weighted by molar-refractivity contribution is -0.400. The smallest absolute Gasteiger partial charge is 0.235 e. The van der Waals surface area contributed by atoms with Gasteiger partial charge in [-0.15, -0.1) is 0 Å². The molecular formula is C6H6N2O3S. The number of aromatic hydroxyl groups is 1. The first kappa shape index (κ1) is 8.54. The summed E-state index contributed by atoms with van der Waals surface area (Å²) in [4.78, 5) is 9.81. The van der Waals surface area contributed by atoms with Crippen molar-refractivity contribution < 1.29 is 10.0 Å². The molecule has 0 saturated heterocycles. The Morgan fingerprint density at radius 2 is 2.42 bits per heavy atom. The summed E-state index contributed by atoms with van der Waals surface area (Å²) < 4.78 is 0. The number of thiophene rings is 1. The molecule has 1 aromatic heterocycles. The quantitative estimate of drug-likeness (QED) is 0.537. The summed E-state index contributed by atoms with van der Waals surface area (Å²) >= 11 is 0.996. The average Bonchev–Trinajstić information content (AvgIpc) is 2.26. The van der Waals surface area contributed by atoms with Crippen LogP contribution >= 0.6 is 11.3 Å². The fourth-order valence-corrected chi connectivity index (χ4v) is 1.38. The molecule has 0 aliphatic rings. The van der Waals surface area contributed by atoms with Gasteiger partial charge in [-0.05, 0) is 0 Å². The summed E-state index contributed by atoms with van der Waals surface area (Å²) in [5.41, 5.74) is 5.75. The first-order valence-electron chi connectivity index (χ1n) is 2.99. The summed E-state index contributed by atoms with van der Waals surface area (Å²) in [6.45, 7) is 0. The van der Waals surface area contributed by atoms with Crippen LogP contribution in [-0.2, 0) is 0 Å². The molecule has 5 nitrogen and oxygen atoms in total. The average molecular weight is 186 g/mol. The van der Waals surface area contributed by atoms with Crippen LogP contribution in [0, 0.1) is 10.1 Å². The Kier molecular flexibility index (Phi) is 2.29. The maximum atomic E-state index is 9.91. The van der Waals surface area contributed by atoms with E-state index in [1.54, 1.807) is 0 Å². The molecule has 0 spiro atoms. The molecule has 6 heteroatoms. The van der Waals surface area contributed by atoms with Gasteiger partial charge < -0.3 is 10.8 Å². The van der Waals surface area contributed by atoms with E-state index in [4.69, 9.17) is 10.8 Å². The van der Waals surface area contributed by atoms with Crippen molar-refractivity contribution in [1.82, 2.24) is 0 Å². The molecule has 1 rings (SSSR count). The van der Waals surface area contributed by atoms with E-state index in [0.29, 0.717) is 10.6 Å². The third-order valence-electron chi connectivity index (χ3n) is 1.13. The fraction of sp³-hybridized carbons (Fsp3) is 0. The molecule has 0 bridgehead atoms. The molecule has 0 aliphatic heterocycles. The van der Waals surface area contributed by atoms with Crippen molar-refractivity contribution in [1.29, 1.82) is 0 Å². The van der Waals surface area contributed by atoms with Gasteiger partial charge in [0.25, 0.3) is 0 Å². The van der Waals surface area contributed by atoms with E-state index in [-0.39, 0.29) is 5.06 Å². The van der Waals surface area contributed by atoms with Crippen molar-refractivity contribution in [2.24, 2.45) is 0 Å². The van der Waals surface area contributed by atoms with Crippen molar-refractivity contribution in [3.63, 3.8) is 0 Å². The summed E-state index contributed by atoms with van der Waals surface area (Å²) in [7, 11) is 0. The van der Waals surface area contributed by atoms with E-state index in [1.165, 1.54) is 12.1 Å². The minimum Gasteiger partial charge on any atom is -0.499 e. The molecule has 64 valence electrons. The Bertz CT molecular complexity index is 332. The highest BCUT2D eigenvalue weighted by Gasteiger charge is 2.02. The van der Waals surface area contributed by atoms with Gasteiger partial charge in [0.2, 0.25) is 6.20 Å². The predicted molar refractivity (Wildman–Crippen MR) is 46.4 cm³/mol. The van der Waals surface area contributed by atoms with Crippen molar-refractivity contribution in [2.45, 2.75) is 0 Å². The Hall–Kier alpha value is -1.56. The second-order valence-electron chi connectivity index (χ2n) is 2.01. The molecule has 0 atom stereocenters. The van der Waals surface area contributed by atoms with Gasteiger partial charge in [-0.3, -0.25) is 10.1 Å². The maximum absolute atomic E-state index is 9.91. The molecular weight excluding hydrogens is 180 g/mol. The third kappa shape index (κ3) is 1.96. The van der Waals surface area contributed by atoms with Gasteiger partial charge in [-0.25, -0.2) is 0 Å². The lowest BCUT2D eigenvalue weighted by atomic mass is 10.4. The van der Waals surface area contributed by atoms with E-state index in [1.807, 2.05) is 0 Å². The van der Waals surface area contributed by atoms with Crippen LogP contribution in [0.1, 0.15) is 4.88 Å². The van der Waals surface area contributed by atoms with Gasteiger partial charge in [-0.2, -0.15) is 0 Å². The van der Waals surface area contributed by atoms with Gasteiger partial charge in [-0.1, -0.05) is 11.3 Å². The van der Waals surface area contributed by atoms with E-state index in [9.17, 15) is 10.1 Å². The topological polar surface area (TPSA) is 89.4 Å². The van der Waals surface area contributed by atoms with Crippen LogP contribution in [0.15, 0.2) is 12.3 Å². The van der Waals surface area contributed by atoms with Gasteiger partial charge in [0, 0.05) is 12.1 Å². The fourth-order valence-electron chi connectivity index (χ4n) is 0.664. The number of nitrogen functional groups attached to an aromatic ring is 1. The van der Waals surface area contributed by atoms with E-state index >= 15 is 0 Å². The van der Waals surface area contributed by atoms with Crippen LogP contribution in [0.4, 0.5) is 5.69 Å². The van der Waals surface area contributed by atoms with E-state index in [2.05, 4.69) is 0 Å². The Balaban J connectivity index is 2.89. The summed E-state index contributed by atoms with van der Waals surface area (Å²) in [5, 5.41) is 18.9. The van der Waals surface area contributed by atoms with Crippen LogP contribution in [0.5, 0.6) is 5.06 Å². The molecule has 1 aromatic rings. The molecule has 0 aromatic carbocycles. The van der Waals surface area contributed by atoms with Crippen LogP contribution in [-0.4, -0.2) is 10.0 Å². The highest BCUT2D eigenvalue weighted by Crippen LogP contribution is 2.30. The third-order valence-corrected chi connectivity index (χ3v) is 2.04. The van der Waals surface area contributed by atoms with Gasteiger partial charge in [0.05, 0.1) is 15.5 Å². The number of anilines is 1. The number of hydrogen-bond acceptors (Lipinski definition) is 5. The lowest BCUT2D eigenvalue weighted by Crippen LogP contribution is -1.84. The van der Waals surface area contributed by atoms with Crippen molar-refractivity contribution in [3.05, 3.63) is 27.3 Å². The first-order chi connectivity index (χ1) is 5.59. The molecule has 1 heterocycles.